The van der Waals surface area contributed by atoms with Crippen LogP contribution in [-0.2, 0) is 11.0 Å². The molecule has 0 bridgehead atoms. The Morgan fingerprint density at radius 3 is 2.32 bits per heavy atom. The first-order valence-corrected chi connectivity index (χ1v) is 8.21. The average Bonchev–Trinajstić information content (AvgIpc) is 2.61. The van der Waals surface area contributed by atoms with Gasteiger partial charge in [-0.1, -0.05) is 12.1 Å². The van der Waals surface area contributed by atoms with Crippen LogP contribution in [0.15, 0.2) is 60.8 Å². The zero-order valence-electron chi connectivity index (χ0n) is 14.7. The minimum Gasteiger partial charge on any atom is -0.340 e. The number of halogens is 3. The largest absolute Gasteiger partial charge is 0.416 e. The molecular weight excluding hydrogens is 371 g/mol. The predicted octanol–water partition coefficient (Wildman–Crippen LogP) is 4.94. The van der Waals surface area contributed by atoms with E-state index < -0.39 is 11.7 Å². The van der Waals surface area contributed by atoms with Gasteiger partial charge < -0.3 is 16.0 Å². The molecule has 2 aromatic carbocycles. The van der Waals surface area contributed by atoms with Crippen molar-refractivity contribution in [1.82, 2.24) is 9.97 Å². The lowest BCUT2D eigenvalue weighted by Gasteiger charge is -2.11. The van der Waals surface area contributed by atoms with E-state index in [-0.39, 0.29) is 17.5 Å². The van der Waals surface area contributed by atoms with Crippen molar-refractivity contribution in [3.05, 3.63) is 66.4 Å². The normalized spacial score (nSPS) is 11.0. The van der Waals surface area contributed by atoms with Gasteiger partial charge in [0, 0.05) is 30.2 Å². The van der Waals surface area contributed by atoms with Crippen LogP contribution in [0.2, 0.25) is 0 Å². The molecule has 0 radical (unpaired) electrons. The van der Waals surface area contributed by atoms with Crippen molar-refractivity contribution >= 4 is 34.7 Å². The van der Waals surface area contributed by atoms with Crippen molar-refractivity contribution in [1.29, 1.82) is 0 Å². The molecule has 0 unspecified atom stereocenters. The zero-order valence-corrected chi connectivity index (χ0v) is 14.7. The molecule has 28 heavy (non-hydrogen) atoms. The number of aromatic nitrogens is 2. The van der Waals surface area contributed by atoms with Crippen molar-refractivity contribution < 1.29 is 18.0 Å². The number of hydrogen-bond donors (Lipinski definition) is 3. The Kier molecular flexibility index (Phi) is 5.44. The van der Waals surface area contributed by atoms with E-state index in [1.54, 1.807) is 30.3 Å². The summed E-state index contributed by atoms with van der Waals surface area (Å²) in [4.78, 5) is 19.5. The average molecular weight is 387 g/mol. The highest BCUT2D eigenvalue weighted by atomic mass is 19.4. The fourth-order valence-electron chi connectivity index (χ4n) is 2.42. The second kappa shape index (κ2) is 7.95. The lowest BCUT2D eigenvalue weighted by Crippen LogP contribution is -2.06. The molecule has 0 aliphatic rings. The molecule has 9 heteroatoms. The lowest BCUT2D eigenvalue weighted by atomic mass is 10.2. The third-order valence-corrected chi connectivity index (χ3v) is 3.56. The summed E-state index contributed by atoms with van der Waals surface area (Å²) >= 11 is 0. The topological polar surface area (TPSA) is 78.9 Å². The Labute approximate surface area is 158 Å². The Balaban J connectivity index is 1.75. The van der Waals surface area contributed by atoms with E-state index in [1.807, 2.05) is 0 Å². The smallest absolute Gasteiger partial charge is 0.340 e. The zero-order chi connectivity index (χ0) is 20.1. The number of nitrogens with one attached hydrogen (secondary N) is 3. The van der Waals surface area contributed by atoms with Gasteiger partial charge in [0.1, 0.15) is 5.82 Å². The number of alkyl halides is 3. The summed E-state index contributed by atoms with van der Waals surface area (Å²) in [6, 6.07) is 13.3. The number of nitrogens with zero attached hydrogens (tertiary/aromatic N) is 2. The molecule has 0 spiro atoms. The van der Waals surface area contributed by atoms with E-state index in [2.05, 4.69) is 25.9 Å². The highest BCUT2D eigenvalue weighted by Crippen LogP contribution is 2.31. The van der Waals surface area contributed by atoms with E-state index in [9.17, 15) is 18.0 Å². The number of hydrogen-bond acceptors (Lipinski definition) is 5. The van der Waals surface area contributed by atoms with Crippen LogP contribution in [0.1, 0.15) is 12.5 Å². The van der Waals surface area contributed by atoms with Crippen molar-refractivity contribution in [3.8, 4) is 0 Å². The van der Waals surface area contributed by atoms with E-state index >= 15 is 0 Å². The molecule has 0 aliphatic carbocycles. The Bertz CT molecular complexity index is 991. The molecule has 144 valence electrons. The molecule has 0 atom stereocenters. The summed E-state index contributed by atoms with van der Waals surface area (Å²) in [6.45, 7) is 1.41. The second-order valence-corrected chi connectivity index (χ2v) is 5.86. The first kappa shape index (κ1) is 19.2. The van der Waals surface area contributed by atoms with Gasteiger partial charge in [-0.25, -0.2) is 4.98 Å². The van der Waals surface area contributed by atoms with Crippen LogP contribution in [0.4, 0.5) is 42.0 Å². The Morgan fingerprint density at radius 1 is 0.929 bits per heavy atom. The molecule has 0 saturated carbocycles. The maximum atomic E-state index is 12.8. The SMILES string of the molecule is CC(=O)Nc1cccc(Nc2nccc(Nc3cccc(C(F)(F)F)c3)n2)c1. The molecule has 0 aliphatic heterocycles. The maximum absolute atomic E-state index is 12.8. The van der Waals surface area contributed by atoms with E-state index in [4.69, 9.17) is 0 Å². The molecule has 3 N–H and O–H groups in total. The van der Waals surface area contributed by atoms with Crippen molar-refractivity contribution in [2.45, 2.75) is 13.1 Å². The number of carbonyl (C=O) groups is 1. The van der Waals surface area contributed by atoms with Crippen molar-refractivity contribution in [3.63, 3.8) is 0 Å². The molecule has 6 nitrogen and oxygen atoms in total. The maximum Gasteiger partial charge on any atom is 0.416 e. The van der Waals surface area contributed by atoms with Crippen LogP contribution in [-0.4, -0.2) is 15.9 Å². The highest BCUT2D eigenvalue weighted by Gasteiger charge is 2.30. The highest BCUT2D eigenvalue weighted by molar-refractivity contribution is 5.89. The molecule has 1 heterocycles. The minimum absolute atomic E-state index is 0.194. The van der Waals surface area contributed by atoms with Gasteiger partial charge in [-0.2, -0.15) is 18.2 Å². The van der Waals surface area contributed by atoms with E-state index in [1.165, 1.54) is 25.3 Å². The summed E-state index contributed by atoms with van der Waals surface area (Å²) in [5, 5.41) is 8.49. The molecule has 3 aromatic rings. The van der Waals surface area contributed by atoms with E-state index in [0.717, 1.165) is 12.1 Å². The van der Waals surface area contributed by atoms with Crippen LogP contribution in [0.5, 0.6) is 0 Å². The molecule has 0 saturated heterocycles. The molecule has 0 fully saturated rings. The third kappa shape index (κ3) is 5.19. The standard InChI is InChI=1S/C19H16F3N5O/c1-12(28)24-15-6-3-7-16(11-15)26-18-23-9-8-17(27-18)25-14-5-2-4-13(10-14)19(20,21)22/h2-11H,1H3,(H,24,28)(H2,23,25,26,27). The number of benzene rings is 2. The van der Waals surface area contributed by atoms with Crippen LogP contribution in [0.25, 0.3) is 0 Å². The Hall–Kier alpha value is -3.62. The van der Waals surface area contributed by atoms with Gasteiger partial charge in [0.15, 0.2) is 0 Å². The quantitative estimate of drug-likeness (QED) is 0.578. The van der Waals surface area contributed by atoms with Gasteiger partial charge in [-0.05, 0) is 42.5 Å². The van der Waals surface area contributed by atoms with Crippen LogP contribution in [0.3, 0.4) is 0 Å². The number of anilines is 5. The monoisotopic (exact) mass is 387 g/mol. The van der Waals surface area contributed by atoms with Gasteiger partial charge in [0.2, 0.25) is 11.9 Å². The number of rotatable bonds is 5. The summed E-state index contributed by atoms with van der Waals surface area (Å²) in [6.07, 6.45) is -2.95. The van der Waals surface area contributed by atoms with E-state index in [0.29, 0.717) is 17.2 Å². The van der Waals surface area contributed by atoms with Gasteiger partial charge in [0.25, 0.3) is 0 Å². The Morgan fingerprint density at radius 2 is 1.61 bits per heavy atom. The third-order valence-electron chi connectivity index (χ3n) is 3.56. The van der Waals surface area contributed by atoms with Crippen LogP contribution < -0.4 is 16.0 Å². The fourth-order valence-corrected chi connectivity index (χ4v) is 2.42. The first-order chi connectivity index (χ1) is 13.3. The molecule has 1 amide bonds. The second-order valence-electron chi connectivity index (χ2n) is 5.86. The summed E-state index contributed by atoms with van der Waals surface area (Å²) < 4.78 is 38.5. The summed E-state index contributed by atoms with van der Waals surface area (Å²) in [7, 11) is 0. The van der Waals surface area contributed by atoms with Gasteiger partial charge >= 0.3 is 6.18 Å². The number of amides is 1. The van der Waals surface area contributed by atoms with Crippen LogP contribution in [0, 0.1) is 0 Å². The lowest BCUT2D eigenvalue weighted by molar-refractivity contribution is -0.137. The van der Waals surface area contributed by atoms with Gasteiger partial charge in [0.05, 0.1) is 5.56 Å². The summed E-state index contributed by atoms with van der Waals surface area (Å²) in [5.74, 6) is 0.382. The fraction of sp³-hybridized carbons (Fsp3) is 0.105. The first-order valence-electron chi connectivity index (χ1n) is 8.21. The predicted molar refractivity (Wildman–Crippen MR) is 101 cm³/mol. The molecule has 1 aromatic heterocycles. The van der Waals surface area contributed by atoms with Crippen molar-refractivity contribution in [2.24, 2.45) is 0 Å². The summed E-state index contributed by atoms with van der Waals surface area (Å²) in [5.41, 5.74) is 0.755. The van der Waals surface area contributed by atoms with Gasteiger partial charge in [-0.15, -0.1) is 0 Å². The number of carbonyl (C=O) groups excluding carboxylic acids is 1. The minimum atomic E-state index is -4.42. The van der Waals surface area contributed by atoms with Crippen LogP contribution >= 0.6 is 0 Å². The van der Waals surface area contributed by atoms with Gasteiger partial charge in [-0.3, -0.25) is 4.79 Å². The molecular formula is C19H16F3N5O. The molecule has 3 rings (SSSR count). The van der Waals surface area contributed by atoms with Crippen molar-refractivity contribution in [2.75, 3.05) is 16.0 Å².